The fourth-order valence-corrected chi connectivity index (χ4v) is 11.8. The van der Waals surface area contributed by atoms with E-state index >= 15 is 0 Å². The molecule has 9 rings (SSSR count). The number of carbonyl (C=O) groups excluding carboxylic acids is 3. The number of benzene rings is 2. The molecule has 0 radical (unpaired) electrons. The van der Waals surface area contributed by atoms with Crippen LogP contribution in [0.4, 0.5) is 11.5 Å². The maximum Gasteiger partial charge on any atom is 0.278 e. The quantitative estimate of drug-likeness (QED) is 0.218. The van der Waals surface area contributed by atoms with Crippen molar-refractivity contribution in [2.45, 2.75) is 84.4 Å². The number of aromatic nitrogens is 4. The van der Waals surface area contributed by atoms with E-state index in [4.69, 9.17) is 22.1 Å². The van der Waals surface area contributed by atoms with E-state index in [-0.39, 0.29) is 23.8 Å². The van der Waals surface area contributed by atoms with Crippen LogP contribution in [0.25, 0.3) is 10.9 Å². The molecule has 4 aliphatic heterocycles. The van der Waals surface area contributed by atoms with E-state index in [1.165, 1.54) is 4.90 Å². The van der Waals surface area contributed by atoms with Crippen LogP contribution in [0.2, 0.25) is 5.02 Å². The molecule has 16 heteroatoms. The second-order valence-corrected chi connectivity index (χ2v) is 19.8. The number of piperidine rings is 3. The standard InChI is InChI=1S/C46H53ClN10O5/c1-44(2)42(45(3,4)43(44)62-32-8-5-29(23-48)34(47)22-32)56-38(58)12-10-36(41(56)61)57-40(60)33-9-7-31(21-35(33)51-52-57)54-19-15-46(16-20-54)26-53(27-46)25-28-13-17-55(18-14-28)37-11-6-30(24-50-37)39(49)59/h5-9,11,21-22,24,28,36,42-43H,10,12-20,25-27H2,1-4H3,(H2,49,59). The Kier molecular flexibility index (Phi) is 10.5. The molecule has 1 spiro atoms. The highest BCUT2D eigenvalue weighted by molar-refractivity contribution is 6.31. The largest absolute Gasteiger partial charge is 0.489 e. The van der Waals surface area contributed by atoms with Crippen molar-refractivity contribution in [3.8, 4) is 11.8 Å². The van der Waals surface area contributed by atoms with E-state index in [1.807, 2.05) is 45.9 Å². The first-order chi connectivity index (χ1) is 29.6. The minimum Gasteiger partial charge on any atom is -0.489 e. The molecule has 5 fully saturated rings. The predicted molar refractivity (Wildman–Crippen MR) is 234 cm³/mol. The van der Waals surface area contributed by atoms with Crippen molar-refractivity contribution in [2.75, 3.05) is 55.6 Å². The molecule has 2 N–H and O–H groups in total. The number of nitriles is 1. The Hall–Kier alpha value is -5.59. The van der Waals surface area contributed by atoms with Crippen molar-refractivity contribution in [1.82, 2.24) is 29.8 Å². The predicted octanol–water partition coefficient (Wildman–Crippen LogP) is 5.20. The second kappa shape index (κ2) is 15.6. The van der Waals surface area contributed by atoms with E-state index in [0.717, 1.165) is 87.7 Å². The lowest BCUT2D eigenvalue weighted by Crippen LogP contribution is -2.77. The Morgan fingerprint density at radius 3 is 2.31 bits per heavy atom. The van der Waals surface area contributed by atoms with Gasteiger partial charge in [0.25, 0.3) is 11.5 Å². The van der Waals surface area contributed by atoms with Gasteiger partial charge in [0.05, 0.1) is 27.6 Å². The number of halogens is 1. The average molecular weight is 861 g/mol. The summed E-state index contributed by atoms with van der Waals surface area (Å²) in [5.74, 6) is 0.835. The van der Waals surface area contributed by atoms with Crippen LogP contribution in [0.15, 0.2) is 59.5 Å². The number of hydrogen-bond acceptors (Lipinski definition) is 12. The van der Waals surface area contributed by atoms with Gasteiger partial charge in [0.15, 0.2) is 0 Å². The number of ether oxygens (including phenoxy) is 1. The summed E-state index contributed by atoms with van der Waals surface area (Å²) in [6.07, 6.45) is 5.85. The Bertz CT molecular complexity index is 2510. The minimum absolute atomic E-state index is 0.0868. The molecule has 1 saturated carbocycles. The summed E-state index contributed by atoms with van der Waals surface area (Å²) < 4.78 is 7.58. The van der Waals surface area contributed by atoms with Gasteiger partial charge in [-0.15, -0.1) is 5.10 Å². The third-order valence-electron chi connectivity index (χ3n) is 14.5. The lowest BCUT2D eigenvalue weighted by atomic mass is 9.48. The summed E-state index contributed by atoms with van der Waals surface area (Å²) in [5.41, 5.74) is 6.25. The SMILES string of the molecule is CC1(C)C(Oc2ccc(C#N)c(Cl)c2)C(C)(C)C1N1C(=O)CCC(n2nnc3cc(N4CCC5(CC4)CN(CC4CCN(c6ccc(C(N)=O)cn6)CC4)C5)ccc3c2=O)C1=O. The van der Waals surface area contributed by atoms with Gasteiger partial charge in [-0.05, 0) is 85.9 Å². The van der Waals surface area contributed by atoms with Crippen molar-refractivity contribution >= 4 is 51.7 Å². The highest BCUT2D eigenvalue weighted by atomic mass is 35.5. The number of rotatable bonds is 9. The topological polar surface area (TPSA) is 184 Å². The zero-order chi connectivity index (χ0) is 43.7. The molecule has 0 bridgehead atoms. The molecule has 15 nitrogen and oxygen atoms in total. The summed E-state index contributed by atoms with van der Waals surface area (Å²) >= 11 is 6.29. The Morgan fingerprint density at radius 2 is 1.66 bits per heavy atom. The molecule has 3 amide bonds. The molecule has 2 aromatic heterocycles. The van der Waals surface area contributed by atoms with E-state index < -0.39 is 46.4 Å². The second-order valence-electron chi connectivity index (χ2n) is 19.4. The first-order valence-electron chi connectivity index (χ1n) is 21.7. The Labute approximate surface area is 365 Å². The molecule has 1 aliphatic carbocycles. The van der Waals surface area contributed by atoms with Crippen LogP contribution >= 0.6 is 11.6 Å². The molecule has 62 heavy (non-hydrogen) atoms. The third-order valence-corrected chi connectivity index (χ3v) is 14.8. The number of hydrogen-bond donors (Lipinski definition) is 1. The van der Waals surface area contributed by atoms with Crippen LogP contribution in [0, 0.1) is 33.5 Å². The van der Waals surface area contributed by atoms with Crippen molar-refractivity contribution in [3.05, 3.63) is 81.2 Å². The number of primary amides is 1. The smallest absolute Gasteiger partial charge is 0.278 e. The molecule has 1 atom stereocenters. The van der Waals surface area contributed by atoms with Crippen molar-refractivity contribution in [3.63, 3.8) is 0 Å². The molecule has 6 heterocycles. The number of anilines is 2. The van der Waals surface area contributed by atoms with Gasteiger partial charge in [-0.3, -0.25) is 24.1 Å². The van der Waals surface area contributed by atoms with Crippen molar-refractivity contribution < 1.29 is 19.1 Å². The maximum atomic E-state index is 14.3. The number of likely N-dealkylation sites (tertiary alicyclic amines) is 2. The highest BCUT2D eigenvalue weighted by Crippen LogP contribution is 2.59. The van der Waals surface area contributed by atoms with Crippen molar-refractivity contribution in [1.29, 1.82) is 5.26 Å². The normalized spacial score (nSPS) is 24.7. The number of pyridine rings is 1. The molecule has 5 aliphatic rings. The van der Waals surface area contributed by atoms with Gasteiger partial charge < -0.3 is 25.2 Å². The molecule has 4 saturated heterocycles. The minimum atomic E-state index is -0.972. The van der Waals surface area contributed by atoms with E-state index in [2.05, 4.69) is 36.1 Å². The van der Waals surface area contributed by atoms with Crippen LogP contribution in [0.5, 0.6) is 5.75 Å². The van der Waals surface area contributed by atoms with Gasteiger partial charge in [-0.1, -0.05) is 44.5 Å². The lowest BCUT2D eigenvalue weighted by Gasteiger charge is -2.65. The van der Waals surface area contributed by atoms with Gasteiger partial charge in [0.1, 0.15) is 35.3 Å². The molecular formula is C46H53ClN10O5. The molecule has 1 unspecified atom stereocenters. The fourth-order valence-electron chi connectivity index (χ4n) is 11.6. The van der Waals surface area contributed by atoms with Gasteiger partial charge in [0.2, 0.25) is 11.8 Å². The summed E-state index contributed by atoms with van der Waals surface area (Å²) in [6, 6.07) is 14.8. The van der Waals surface area contributed by atoms with Crippen LogP contribution in [-0.4, -0.2) is 105 Å². The molecule has 4 aromatic rings. The van der Waals surface area contributed by atoms with Gasteiger partial charge in [-0.25, -0.2) is 4.98 Å². The monoisotopic (exact) mass is 860 g/mol. The Morgan fingerprint density at radius 1 is 0.935 bits per heavy atom. The van der Waals surface area contributed by atoms with E-state index in [9.17, 15) is 24.4 Å². The number of amides is 3. The van der Waals surface area contributed by atoms with Crippen molar-refractivity contribution in [2.24, 2.45) is 27.9 Å². The number of nitrogens with two attached hydrogens (primary N) is 1. The number of imide groups is 1. The highest BCUT2D eigenvalue weighted by Gasteiger charge is 2.68. The summed E-state index contributed by atoms with van der Waals surface area (Å²) in [5, 5.41) is 18.7. The maximum absolute atomic E-state index is 14.3. The first-order valence-corrected chi connectivity index (χ1v) is 22.1. The van der Waals surface area contributed by atoms with Gasteiger partial charge in [-0.2, -0.15) is 9.94 Å². The lowest BCUT2D eigenvalue weighted by molar-refractivity contribution is -0.216. The number of fused-ring (bicyclic) bond motifs is 1. The summed E-state index contributed by atoms with van der Waals surface area (Å²) in [6.45, 7) is 15.0. The Balaban J connectivity index is 0.803. The number of nitrogens with zero attached hydrogens (tertiary/aromatic N) is 9. The van der Waals surface area contributed by atoms with Crippen LogP contribution in [0.3, 0.4) is 0 Å². The number of carbonyl (C=O) groups is 3. The van der Waals surface area contributed by atoms with E-state index in [1.54, 1.807) is 36.5 Å². The van der Waals surface area contributed by atoms with Crippen LogP contribution in [-0.2, 0) is 9.59 Å². The molecular weight excluding hydrogens is 808 g/mol. The average Bonchev–Trinajstić information content (AvgIpc) is 3.24. The molecule has 2 aromatic carbocycles. The zero-order valence-corrected chi connectivity index (χ0v) is 36.5. The zero-order valence-electron chi connectivity index (χ0n) is 35.7. The first kappa shape index (κ1) is 41.7. The van der Waals surface area contributed by atoms with Gasteiger partial charge in [0, 0.05) is 81.0 Å². The third kappa shape index (κ3) is 7.24. The molecule has 324 valence electrons. The van der Waals surface area contributed by atoms with Crippen LogP contribution < -0.4 is 25.8 Å². The summed E-state index contributed by atoms with van der Waals surface area (Å²) in [4.78, 5) is 66.4. The van der Waals surface area contributed by atoms with Crippen LogP contribution in [0.1, 0.15) is 88.2 Å². The van der Waals surface area contributed by atoms with E-state index in [0.29, 0.717) is 39.1 Å². The van der Waals surface area contributed by atoms with Gasteiger partial charge >= 0.3 is 0 Å². The fraction of sp³-hybridized carbons (Fsp3) is 0.522. The summed E-state index contributed by atoms with van der Waals surface area (Å²) in [7, 11) is 0.